The second-order valence-corrected chi connectivity index (χ2v) is 9.88. The maximum atomic E-state index is 13.3. The smallest absolute Gasteiger partial charge is 0.309 e. The molecule has 32 heavy (non-hydrogen) atoms. The highest BCUT2D eigenvalue weighted by atomic mass is 35.5. The number of anilines is 3. The molecule has 4 aliphatic carbocycles. The Morgan fingerprint density at radius 1 is 1.12 bits per heavy atom. The van der Waals surface area contributed by atoms with Crippen LogP contribution in [0.25, 0.3) is 0 Å². The van der Waals surface area contributed by atoms with Crippen LogP contribution in [0.3, 0.4) is 0 Å². The van der Waals surface area contributed by atoms with E-state index < -0.39 is 23.0 Å². The second-order valence-electron chi connectivity index (χ2n) is 9.50. The molecule has 1 amide bonds. The molecule has 8 nitrogen and oxygen atoms in total. The first-order valence-corrected chi connectivity index (χ1v) is 11.3. The number of aliphatic carboxylic acids is 1. The molecule has 0 spiro atoms. The maximum absolute atomic E-state index is 13.3. The molecule has 0 saturated heterocycles. The number of halogens is 1. The molecular weight excluding hydrogens is 432 g/mol. The number of carboxylic acids is 1. The van der Waals surface area contributed by atoms with Gasteiger partial charge in [-0.25, -0.2) is 4.68 Å². The summed E-state index contributed by atoms with van der Waals surface area (Å²) >= 11 is 6.48. The van der Waals surface area contributed by atoms with Gasteiger partial charge in [-0.3, -0.25) is 14.4 Å². The van der Waals surface area contributed by atoms with Crippen LogP contribution < -0.4 is 16.2 Å². The van der Waals surface area contributed by atoms with Gasteiger partial charge in [-0.2, -0.15) is 5.10 Å². The lowest BCUT2D eigenvalue weighted by molar-refractivity contribution is -0.168. The molecule has 3 N–H and O–H groups in total. The van der Waals surface area contributed by atoms with E-state index in [0.717, 1.165) is 19.3 Å². The summed E-state index contributed by atoms with van der Waals surface area (Å²) < 4.78 is 1.38. The highest BCUT2D eigenvalue weighted by molar-refractivity contribution is 6.33. The molecule has 4 bridgehead atoms. The Labute approximate surface area is 190 Å². The van der Waals surface area contributed by atoms with Gasteiger partial charge in [0.2, 0.25) is 5.91 Å². The first-order chi connectivity index (χ1) is 15.3. The van der Waals surface area contributed by atoms with Crippen molar-refractivity contribution in [3.8, 4) is 0 Å². The van der Waals surface area contributed by atoms with E-state index in [4.69, 9.17) is 11.6 Å². The number of carboxylic acid groups (broad SMARTS) is 1. The van der Waals surface area contributed by atoms with Crippen LogP contribution in [0.2, 0.25) is 5.02 Å². The summed E-state index contributed by atoms with van der Waals surface area (Å²) in [5.74, 6) is -0.653. The van der Waals surface area contributed by atoms with Gasteiger partial charge < -0.3 is 15.7 Å². The second kappa shape index (κ2) is 7.62. The number of amides is 1. The van der Waals surface area contributed by atoms with Crippen molar-refractivity contribution in [2.24, 2.45) is 23.7 Å². The number of carbonyl (C=O) groups excluding carboxylic acids is 1. The molecule has 4 saturated carbocycles. The maximum Gasteiger partial charge on any atom is 0.309 e. The molecule has 2 aromatic rings. The van der Waals surface area contributed by atoms with Crippen molar-refractivity contribution in [2.45, 2.75) is 44.6 Å². The Bertz CT molecular complexity index is 1130. The summed E-state index contributed by atoms with van der Waals surface area (Å²) in [6.07, 6.45) is 5.79. The van der Waals surface area contributed by atoms with Crippen molar-refractivity contribution in [3.63, 3.8) is 0 Å². The Hall–Kier alpha value is -2.87. The number of nitrogens with zero attached hydrogens (tertiary/aromatic N) is 2. The van der Waals surface area contributed by atoms with E-state index in [0.29, 0.717) is 41.7 Å². The summed E-state index contributed by atoms with van der Waals surface area (Å²) in [7, 11) is 0. The zero-order valence-corrected chi connectivity index (χ0v) is 18.4. The van der Waals surface area contributed by atoms with Crippen LogP contribution in [-0.2, 0) is 15.1 Å². The normalized spacial score (nSPS) is 30.2. The first-order valence-electron chi connectivity index (χ1n) is 10.9. The van der Waals surface area contributed by atoms with Crippen LogP contribution in [0, 0.1) is 23.7 Å². The number of nitrogens with one attached hydrogen (secondary N) is 2. The third-order valence-electron chi connectivity index (χ3n) is 7.36. The molecular formula is C23H25ClN4O4. The number of aromatic nitrogens is 2. The molecule has 5 atom stereocenters. The minimum absolute atomic E-state index is 0.00850. The lowest BCUT2D eigenvalue weighted by Gasteiger charge is -2.59. The topological polar surface area (TPSA) is 113 Å². The Morgan fingerprint density at radius 3 is 2.34 bits per heavy atom. The predicted octanol–water partition coefficient (Wildman–Crippen LogP) is 3.83. The third kappa shape index (κ3) is 3.37. The van der Waals surface area contributed by atoms with Gasteiger partial charge in [0.05, 0.1) is 23.3 Å². The van der Waals surface area contributed by atoms with E-state index in [2.05, 4.69) is 15.7 Å². The molecule has 6 rings (SSSR count). The van der Waals surface area contributed by atoms with Gasteiger partial charge in [-0.05, 0) is 74.1 Å². The molecule has 168 valence electrons. The van der Waals surface area contributed by atoms with Crippen molar-refractivity contribution in [3.05, 3.63) is 45.8 Å². The minimum Gasteiger partial charge on any atom is -0.481 e. The highest BCUT2D eigenvalue weighted by Crippen LogP contribution is 2.61. The van der Waals surface area contributed by atoms with Crippen molar-refractivity contribution in [1.82, 2.24) is 9.78 Å². The summed E-state index contributed by atoms with van der Waals surface area (Å²) in [6.45, 7) is 1.44. The third-order valence-corrected chi connectivity index (χ3v) is 7.73. The molecule has 1 heterocycles. The lowest BCUT2D eigenvalue weighted by Crippen LogP contribution is -2.63. The standard InChI is InChI=1S/C23H25ClN4O4/c1-12(29)26-16-2-4-17(5-3-16)27-18-11-25-28(21(30)20(18)24)23-9-13-6-14(10-23)8-15(7-13)19(23)22(31)32/h2-5,11,13-15,19,27H,6-10H2,1H3,(H,26,29)(H,31,32)/t13-,14+,15?,19-,23?/m1/s1. The van der Waals surface area contributed by atoms with E-state index >= 15 is 0 Å². The summed E-state index contributed by atoms with van der Waals surface area (Å²) in [4.78, 5) is 36.7. The van der Waals surface area contributed by atoms with Gasteiger partial charge in [0.25, 0.3) is 5.56 Å². The molecule has 1 aromatic heterocycles. The van der Waals surface area contributed by atoms with E-state index in [-0.39, 0.29) is 16.8 Å². The lowest BCUT2D eigenvalue weighted by atomic mass is 9.48. The summed E-state index contributed by atoms with van der Waals surface area (Å²) in [6, 6.07) is 6.98. The first kappa shape index (κ1) is 21.0. The van der Waals surface area contributed by atoms with E-state index in [1.165, 1.54) is 17.8 Å². The van der Waals surface area contributed by atoms with E-state index in [9.17, 15) is 19.5 Å². The fourth-order valence-electron chi connectivity index (χ4n) is 6.57. The van der Waals surface area contributed by atoms with Crippen molar-refractivity contribution in [1.29, 1.82) is 0 Å². The summed E-state index contributed by atoms with van der Waals surface area (Å²) in [5.41, 5.74) is 0.429. The van der Waals surface area contributed by atoms with Crippen molar-refractivity contribution < 1.29 is 14.7 Å². The monoisotopic (exact) mass is 456 g/mol. The SMILES string of the molecule is CC(=O)Nc1ccc(Nc2cnn(C34C[C@@H]5CC(C[C@@H](C5)C3)[C@@H]4C(=O)O)c(=O)c2Cl)cc1. The highest BCUT2D eigenvalue weighted by Gasteiger charge is 2.61. The Morgan fingerprint density at radius 2 is 1.75 bits per heavy atom. The minimum atomic E-state index is -0.847. The Kier molecular flexibility index (Phi) is 5.00. The quantitative estimate of drug-likeness (QED) is 0.630. The van der Waals surface area contributed by atoms with Crippen LogP contribution in [0.4, 0.5) is 17.1 Å². The summed E-state index contributed by atoms with van der Waals surface area (Å²) in [5, 5.41) is 20.3. The van der Waals surface area contributed by atoms with Crippen LogP contribution in [0.1, 0.15) is 39.0 Å². The van der Waals surface area contributed by atoms with E-state index in [1.54, 1.807) is 24.3 Å². The fraction of sp³-hybridized carbons (Fsp3) is 0.478. The van der Waals surface area contributed by atoms with Crippen LogP contribution in [-0.4, -0.2) is 26.8 Å². The van der Waals surface area contributed by atoms with Gasteiger partial charge in [-0.1, -0.05) is 11.6 Å². The Balaban J connectivity index is 1.47. The van der Waals surface area contributed by atoms with Gasteiger partial charge in [0.1, 0.15) is 5.02 Å². The molecule has 4 fully saturated rings. The van der Waals surface area contributed by atoms with Gasteiger partial charge in [0.15, 0.2) is 0 Å². The van der Waals surface area contributed by atoms with Crippen molar-refractivity contribution >= 4 is 40.5 Å². The molecule has 0 aliphatic heterocycles. The number of hydrogen-bond acceptors (Lipinski definition) is 5. The van der Waals surface area contributed by atoms with Crippen LogP contribution in [0.5, 0.6) is 0 Å². The fourth-order valence-corrected chi connectivity index (χ4v) is 6.74. The van der Waals surface area contributed by atoms with Gasteiger partial charge in [-0.15, -0.1) is 0 Å². The predicted molar refractivity (Wildman–Crippen MR) is 120 cm³/mol. The van der Waals surface area contributed by atoms with E-state index in [1.807, 2.05) is 0 Å². The van der Waals surface area contributed by atoms with Gasteiger partial charge in [0, 0.05) is 18.3 Å². The van der Waals surface area contributed by atoms with Gasteiger partial charge >= 0.3 is 5.97 Å². The zero-order chi connectivity index (χ0) is 22.6. The number of carbonyl (C=O) groups is 2. The van der Waals surface area contributed by atoms with Crippen molar-refractivity contribution in [2.75, 3.05) is 10.6 Å². The van der Waals surface area contributed by atoms with Crippen LogP contribution in [0.15, 0.2) is 35.3 Å². The zero-order valence-electron chi connectivity index (χ0n) is 17.7. The molecule has 2 unspecified atom stereocenters. The molecule has 9 heteroatoms. The largest absolute Gasteiger partial charge is 0.481 e. The number of hydrogen-bond donors (Lipinski definition) is 3. The molecule has 0 radical (unpaired) electrons. The average Bonchev–Trinajstić information content (AvgIpc) is 2.71. The molecule has 1 aromatic carbocycles. The number of rotatable bonds is 5. The number of benzene rings is 1. The average molecular weight is 457 g/mol. The van der Waals surface area contributed by atoms with Crippen LogP contribution >= 0.6 is 11.6 Å². The molecule has 4 aliphatic rings.